The summed E-state index contributed by atoms with van der Waals surface area (Å²) in [5.74, 6) is 0.837. The monoisotopic (exact) mass is 217 g/mol. The standard InChI is InChI=1S/C12H24ClN/c13-9-5-1-2-6-10-14-11-7-3-4-8-12-14/h1-12H2. The van der Waals surface area contributed by atoms with Crippen LogP contribution in [0.15, 0.2) is 0 Å². The second-order valence-corrected chi connectivity index (χ2v) is 4.74. The summed E-state index contributed by atoms with van der Waals surface area (Å²) in [5.41, 5.74) is 0. The first kappa shape index (κ1) is 12.3. The Morgan fingerprint density at radius 3 is 2.07 bits per heavy atom. The zero-order valence-corrected chi connectivity index (χ0v) is 10.1. The normalized spacial score (nSPS) is 19.5. The van der Waals surface area contributed by atoms with Gasteiger partial charge in [0.2, 0.25) is 0 Å². The highest BCUT2D eigenvalue weighted by Crippen LogP contribution is 2.11. The number of rotatable bonds is 6. The maximum absolute atomic E-state index is 5.64. The SMILES string of the molecule is ClCCCCCCN1CCCCCC1. The molecule has 1 heterocycles. The zero-order valence-electron chi connectivity index (χ0n) is 9.31. The van der Waals surface area contributed by atoms with Gasteiger partial charge in [-0.2, -0.15) is 0 Å². The molecule has 0 aromatic carbocycles. The molecule has 0 aromatic rings. The van der Waals surface area contributed by atoms with E-state index in [1.165, 1.54) is 71.0 Å². The van der Waals surface area contributed by atoms with E-state index in [9.17, 15) is 0 Å². The van der Waals surface area contributed by atoms with Gasteiger partial charge >= 0.3 is 0 Å². The highest BCUT2D eigenvalue weighted by atomic mass is 35.5. The van der Waals surface area contributed by atoms with Gasteiger partial charge in [0, 0.05) is 5.88 Å². The van der Waals surface area contributed by atoms with Crippen LogP contribution in [-0.2, 0) is 0 Å². The summed E-state index contributed by atoms with van der Waals surface area (Å²) in [6.07, 6.45) is 11.0. The van der Waals surface area contributed by atoms with E-state index in [0.717, 1.165) is 5.88 Å². The van der Waals surface area contributed by atoms with Crippen LogP contribution in [-0.4, -0.2) is 30.4 Å². The number of likely N-dealkylation sites (tertiary alicyclic amines) is 1. The highest BCUT2D eigenvalue weighted by Gasteiger charge is 2.07. The van der Waals surface area contributed by atoms with Crippen molar-refractivity contribution in [1.29, 1.82) is 0 Å². The van der Waals surface area contributed by atoms with Gasteiger partial charge in [-0.3, -0.25) is 0 Å². The smallest absolute Gasteiger partial charge is 0.0223 e. The van der Waals surface area contributed by atoms with Crippen LogP contribution >= 0.6 is 11.6 Å². The lowest BCUT2D eigenvalue weighted by Crippen LogP contribution is -2.25. The fourth-order valence-corrected chi connectivity index (χ4v) is 2.33. The van der Waals surface area contributed by atoms with E-state index in [4.69, 9.17) is 11.6 Å². The molecule has 0 amide bonds. The largest absolute Gasteiger partial charge is 0.303 e. The van der Waals surface area contributed by atoms with Crippen LogP contribution in [0.5, 0.6) is 0 Å². The van der Waals surface area contributed by atoms with Crippen LogP contribution < -0.4 is 0 Å². The third-order valence-electron chi connectivity index (χ3n) is 3.06. The van der Waals surface area contributed by atoms with Gasteiger partial charge in [0.05, 0.1) is 0 Å². The lowest BCUT2D eigenvalue weighted by Gasteiger charge is -2.19. The van der Waals surface area contributed by atoms with E-state index >= 15 is 0 Å². The predicted molar refractivity (Wildman–Crippen MR) is 64.1 cm³/mol. The topological polar surface area (TPSA) is 3.24 Å². The summed E-state index contributed by atoms with van der Waals surface area (Å²) >= 11 is 5.64. The van der Waals surface area contributed by atoms with Gasteiger partial charge in [0.25, 0.3) is 0 Å². The molecule has 84 valence electrons. The molecule has 0 N–H and O–H groups in total. The molecule has 0 aliphatic carbocycles. The molecule has 0 atom stereocenters. The summed E-state index contributed by atoms with van der Waals surface area (Å²) in [6.45, 7) is 4.01. The van der Waals surface area contributed by atoms with E-state index in [1.807, 2.05) is 0 Å². The fourth-order valence-electron chi connectivity index (χ4n) is 2.14. The Kier molecular flexibility index (Phi) is 7.52. The summed E-state index contributed by atoms with van der Waals surface area (Å²) < 4.78 is 0. The molecule has 1 saturated heterocycles. The molecule has 1 aliphatic rings. The maximum Gasteiger partial charge on any atom is 0.0223 e. The average Bonchev–Trinajstić information content (AvgIpc) is 2.46. The Bertz CT molecular complexity index is 119. The van der Waals surface area contributed by atoms with Gasteiger partial charge < -0.3 is 4.90 Å². The van der Waals surface area contributed by atoms with Gasteiger partial charge in [0.15, 0.2) is 0 Å². The van der Waals surface area contributed by atoms with Crippen molar-refractivity contribution in [1.82, 2.24) is 4.90 Å². The lowest BCUT2D eigenvalue weighted by atomic mass is 10.2. The third-order valence-corrected chi connectivity index (χ3v) is 3.32. The van der Waals surface area contributed by atoms with E-state index in [2.05, 4.69) is 4.90 Å². The number of hydrogen-bond acceptors (Lipinski definition) is 1. The first-order valence-corrected chi connectivity index (χ1v) is 6.75. The van der Waals surface area contributed by atoms with Crippen molar-refractivity contribution in [2.75, 3.05) is 25.5 Å². The summed E-state index contributed by atoms with van der Waals surface area (Å²) in [7, 11) is 0. The van der Waals surface area contributed by atoms with Gasteiger partial charge in [-0.05, 0) is 45.3 Å². The van der Waals surface area contributed by atoms with Crippen molar-refractivity contribution in [2.24, 2.45) is 0 Å². The lowest BCUT2D eigenvalue weighted by molar-refractivity contribution is 0.278. The molecular formula is C12H24ClN. The Morgan fingerprint density at radius 2 is 1.43 bits per heavy atom. The van der Waals surface area contributed by atoms with Crippen LogP contribution in [0, 0.1) is 0 Å². The van der Waals surface area contributed by atoms with E-state index in [0.29, 0.717) is 0 Å². The Labute approximate surface area is 93.8 Å². The van der Waals surface area contributed by atoms with Crippen molar-refractivity contribution < 1.29 is 0 Å². The fraction of sp³-hybridized carbons (Fsp3) is 1.00. The van der Waals surface area contributed by atoms with Crippen molar-refractivity contribution >= 4 is 11.6 Å². The van der Waals surface area contributed by atoms with Crippen molar-refractivity contribution in [3.63, 3.8) is 0 Å². The first-order valence-electron chi connectivity index (χ1n) is 6.22. The Balaban J connectivity index is 1.93. The minimum Gasteiger partial charge on any atom is -0.303 e. The van der Waals surface area contributed by atoms with Gasteiger partial charge in [-0.1, -0.05) is 25.7 Å². The Hall–Kier alpha value is 0.250. The molecule has 1 rings (SSSR count). The molecule has 2 heteroatoms. The first-order chi connectivity index (χ1) is 6.93. The van der Waals surface area contributed by atoms with Crippen molar-refractivity contribution in [3.8, 4) is 0 Å². The van der Waals surface area contributed by atoms with Gasteiger partial charge in [-0.25, -0.2) is 0 Å². The molecular weight excluding hydrogens is 194 g/mol. The number of alkyl halides is 1. The van der Waals surface area contributed by atoms with Crippen molar-refractivity contribution in [3.05, 3.63) is 0 Å². The molecule has 1 aliphatic heterocycles. The Morgan fingerprint density at radius 1 is 0.786 bits per heavy atom. The van der Waals surface area contributed by atoms with Crippen LogP contribution in [0.1, 0.15) is 51.4 Å². The van der Waals surface area contributed by atoms with Crippen LogP contribution in [0.2, 0.25) is 0 Å². The molecule has 0 saturated carbocycles. The molecule has 1 fully saturated rings. The van der Waals surface area contributed by atoms with Crippen LogP contribution in [0.3, 0.4) is 0 Å². The highest BCUT2D eigenvalue weighted by molar-refractivity contribution is 6.17. The summed E-state index contributed by atoms with van der Waals surface area (Å²) in [4.78, 5) is 2.65. The van der Waals surface area contributed by atoms with Crippen LogP contribution in [0.4, 0.5) is 0 Å². The van der Waals surface area contributed by atoms with E-state index in [1.54, 1.807) is 0 Å². The molecule has 14 heavy (non-hydrogen) atoms. The second-order valence-electron chi connectivity index (χ2n) is 4.36. The quantitative estimate of drug-likeness (QED) is 0.485. The molecule has 0 aromatic heterocycles. The maximum atomic E-state index is 5.64. The van der Waals surface area contributed by atoms with Gasteiger partial charge in [-0.15, -0.1) is 11.6 Å². The number of unbranched alkanes of at least 4 members (excludes halogenated alkanes) is 3. The van der Waals surface area contributed by atoms with Gasteiger partial charge in [0.1, 0.15) is 0 Å². The molecule has 0 radical (unpaired) electrons. The minimum absolute atomic E-state index is 0.837. The molecule has 0 bridgehead atoms. The predicted octanol–water partition coefficient (Wildman–Crippen LogP) is 3.66. The minimum atomic E-state index is 0.837. The number of halogens is 1. The summed E-state index contributed by atoms with van der Waals surface area (Å²) in [5, 5.41) is 0. The molecule has 0 spiro atoms. The zero-order chi connectivity index (χ0) is 10.1. The average molecular weight is 218 g/mol. The van der Waals surface area contributed by atoms with E-state index < -0.39 is 0 Å². The van der Waals surface area contributed by atoms with Crippen LogP contribution in [0.25, 0.3) is 0 Å². The van der Waals surface area contributed by atoms with Crippen molar-refractivity contribution in [2.45, 2.75) is 51.4 Å². The summed E-state index contributed by atoms with van der Waals surface area (Å²) in [6, 6.07) is 0. The molecule has 0 unspecified atom stereocenters. The van der Waals surface area contributed by atoms with E-state index in [-0.39, 0.29) is 0 Å². The number of nitrogens with zero attached hydrogens (tertiary/aromatic N) is 1. The second kappa shape index (κ2) is 8.55. The third kappa shape index (κ3) is 5.87. The molecule has 1 nitrogen and oxygen atoms in total. The number of hydrogen-bond donors (Lipinski definition) is 0.